The molecule has 0 saturated heterocycles. The van der Waals surface area contributed by atoms with Gasteiger partial charge in [-0.25, -0.2) is 9.66 Å². The van der Waals surface area contributed by atoms with E-state index in [9.17, 15) is 4.79 Å². The Bertz CT molecular complexity index is 565. The van der Waals surface area contributed by atoms with Gasteiger partial charge in [-0.1, -0.05) is 35.3 Å². The summed E-state index contributed by atoms with van der Waals surface area (Å²) in [6.07, 6.45) is 0. The fourth-order valence-electron chi connectivity index (χ4n) is 1.32. The smallest absolute Gasteiger partial charge is 0.279 e. The Kier molecular flexibility index (Phi) is 2.54. The van der Waals surface area contributed by atoms with Crippen molar-refractivity contribution >= 4 is 34.1 Å². The molecule has 1 aromatic carbocycles. The zero-order valence-corrected chi connectivity index (χ0v) is 9.03. The Morgan fingerprint density at radius 3 is 2.67 bits per heavy atom. The van der Waals surface area contributed by atoms with Gasteiger partial charge in [0.05, 0.1) is 10.9 Å². The third kappa shape index (κ3) is 1.66. The highest BCUT2D eigenvalue weighted by atomic mass is 35.5. The molecule has 1 heterocycles. The molecule has 0 unspecified atom stereocenters. The van der Waals surface area contributed by atoms with Crippen molar-refractivity contribution in [3.05, 3.63) is 40.4 Å². The van der Waals surface area contributed by atoms with E-state index in [1.807, 2.05) is 0 Å². The lowest BCUT2D eigenvalue weighted by molar-refractivity contribution is 0.832. The van der Waals surface area contributed by atoms with Gasteiger partial charge < -0.3 is 5.84 Å². The maximum Gasteiger partial charge on any atom is 0.279 e. The zero-order chi connectivity index (χ0) is 11.0. The minimum Gasteiger partial charge on any atom is -0.335 e. The number of nitrogen functional groups attached to an aromatic ring is 1. The molecule has 0 bridgehead atoms. The SMILES string of the molecule is Nn1c(C(Cl)Cl)nc2ccccc2c1=O. The van der Waals surface area contributed by atoms with Crippen LogP contribution in [-0.2, 0) is 0 Å². The molecule has 0 amide bonds. The first kappa shape index (κ1) is 10.3. The molecule has 0 spiro atoms. The van der Waals surface area contributed by atoms with Crippen LogP contribution in [0.3, 0.4) is 0 Å². The molecule has 0 aliphatic heterocycles. The molecule has 78 valence electrons. The van der Waals surface area contributed by atoms with Crippen LogP contribution in [0.25, 0.3) is 10.9 Å². The van der Waals surface area contributed by atoms with Crippen LogP contribution >= 0.6 is 23.2 Å². The maximum atomic E-state index is 11.7. The third-order valence-corrected chi connectivity index (χ3v) is 2.42. The number of nitrogens with zero attached hydrogens (tertiary/aromatic N) is 2. The first-order chi connectivity index (χ1) is 7.11. The summed E-state index contributed by atoms with van der Waals surface area (Å²) in [4.78, 5) is 14.9. The quantitative estimate of drug-likeness (QED) is 0.612. The lowest BCUT2D eigenvalue weighted by Gasteiger charge is -2.08. The van der Waals surface area contributed by atoms with Gasteiger partial charge in [-0.05, 0) is 12.1 Å². The molecule has 0 radical (unpaired) electrons. The summed E-state index contributed by atoms with van der Waals surface area (Å²) in [5.41, 5.74) is 0.174. The van der Waals surface area contributed by atoms with Gasteiger partial charge >= 0.3 is 0 Å². The Morgan fingerprint density at radius 2 is 2.00 bits per heavy atom. The number of nitrogens with two attached hydrogens (primary N) is 1. The number of fused-ring (bicyclic) bond motifs is 1. The fraction of sp³-hybridized carbons (Fsp3) is 0.111. The molecular formula is C9H7Cl2N3O. The lowest BCUT2D eigenvalue weighted by atomic mass is 10.2. The number of benzene rings is 1. The summed E-state index contributed by atoms with van der Waals surface area (Å²) in [5, 5.41) is 0.442. The van der Waals surface area contributed by atoms with Gasteiger partial charge in [0.1, 0.15) is 0 Å². The summed E-state index contributed by atoms with van der Waals surface area (Å²) in [6, 6.07) is 6.87. The van der Waals surface area contributed by atoms with Crippen LogP contribution in [0.5, 0.6) is 0 Å². The average Bonchev–Trinajstić information content (AvgIpc) is 2.23. The molecule has 2 aromatic rings. The second kappa shape index (κ2) is 3.72. The van der Waals surface area contributed by atoms with E-state index in [1.165, 1.54) is 0 Å². The van der Waals surface area contributed by atoms with E-state index < -0.39 is 4.84 Å². The average molecular weight is 244 g/mol. The highest BCUT2D eigenvalue weighted by Crippen LogP contribution is 2.21. The van der Waals surface area contributed by atoms with Crippen LogP contribution in [0.15, 0.2) is 29.1 Å². The minimum atomic E-state index is -0.924. The third-order valence-electron chi connectivity index (χ3n) is 2.03. The summed E-state index contributed by atoms with van der Waals surface area (Å²) >= 11 is 11.3. The number of para-hydroxylation sites is 1. The van der Waals surface area contributed by atoms with E-state index in [1.54, 1.807) is 24.3 Å². The number of aromatic nitrogens is 2. The highest BCUT2D eigenvalue weighted by Gasteiger charge is 2.13. The molecule has 15 heavy (non-hydrogen) atoms. The molecule has 6 heteroatoms. The predicted molar refractivity (Wildman–Crippen MR) is 60.6 cm³/mol. The second-order valence-corrected chi connectivity index (χ2v) is 4.06. The summed E-state index contributed by atoms with van der Waals surface area (Å²) in [5.74, 6) is 5.66. The van der Waals surface area contributed by atoms with E-state index in [-0.39, 0.29) is 11.4 Å². The van der Waals surface area contributed by atoms with Crippen molar-refractivity contribution in [3.63, 3.8) is 0 Å². The Morgan fingerprint density at radius 1 is 1.33 bits per heavy atom. The van der Waals surface area contributed by atoms with Crippen LogP contribution in [-0.4, -0.2) is 9.66 Å². The number of hydrogen-bond acceptors (Lipinski definition) is 3. The van der Waals surface area contributed by atoms with Gasteiger partial charge in [-0.15, -0.1) is 0 Å². The van der Waals surface area contributed by atoms with Gasteiger partial charge in [0.15, 0.2) is 10.7 Å². The first-order valence-corrected chi connectivity index (χ1v) is 5.03. The zero-order valence-electron chi connectivity index (χ0n) is 7.52. The molecule has 0 atom stereocenters. The van der Waals surface area contributed by atoms with Crippen molar-refractivity contribution in [2.45, 2.75) is 4.84 Å². The molecule has 1 aromatic heterocycles. The van der Waals surface area contributed by atoms with Gasteiger partial charge in [-0.2, -0.15) is 0 Å². The summed E-state index contributed by atoms with van der Waals surface area (Å²) < 4.78 is 0.868. The molecule has 4 nitrogen and oxygen atoms in total. The maximum absolute atomic E-state index is 11.7. The van der Waals surface area contributed by atoms with Crippen LogP contribution in [0.1, 0.15) is 10.7 Å². The number of halogens is 2. The van der Waals surface area contributed by atoms with Crippen molar-refractivity contribution in [1.29, 1.82) is 0 Å². The number of hydrogen-bond donors (Lipinski definition) is 1. The normalized spacial score (nSPS) is 11.1. The van der Waals surface area contributed by atoms with Crippen molar-refractivity contribution in [3.8, 4) is 0 Å². The Balaban J connectivity index is 2.89. The van der Waals surface area contributed by atoms with Crippen LogP contribution in [0.4, 0.5) is 0 Å². The van der Waals surface area contributed by atoms with E-state index in [4.69, 9.17) is 29.0 Å². The summed E-state index contributed by atoms with van der Waals surface area (Å²) in [7, 11) is 0. The van der Waals surface area contributed by atoms with Gasteiger partial charge in [0.25, 0.3) is 5.56 Å². The standard InChI is InChI=1S/C9H7Cl2N3O/c10-7(11)8-13-6-4-2-1-3-5(6)9(15)14(8)12/h1-4,7H,12H2. The van der Waals surface area contributed by atoms with Crippen LogP contribution in [0.2, 0.25) is 0 Å². The topological polar surface area (TPSA) is 60.9 Å². The van der Waals surface area contributed by atoms with Crippen molar-refractivity contribution in [2.24, 2.45) is 0 Å². The molecule has 0 saturated carbocycles. The number of alkyl halides is 2. The molecular weight excluding hydrogens is 237 g/mol. The molecule has 2 N–H and O–H groups in total. The van der Waals surface area contributed by atoms with Gasteiger partial charge in [0, 0.05) is 0 Å². The molecule has 0 fully saturated rings. The van der Waals surface area contributed by atoms with Crippen molar-refractivity contribution in [2.75, 3.05) is 5.84 Å². The predicted octanol–water partition coefficient (Wildman–Crippen LogP) is 1.59. The van der Waals surface area contributed by atoms with Crippen LogP contribution in [0, 0.1) is 0 Å². The molecule has 2 rings (SSSR count). The van der Waals surface area contributed by atoms with E-state index in [0.717, 1.165) is 4.68 Å². The Hall–Kier alpha value is -1.26. The minimum absolute atomic E-state index is 0.141. The lowest BCUT2D eigenvalue weighted by Crippen LogP contribution is -2.31. The van der Waals surface area contributed by atoms with Crippen LogP contribution < -0.4 is 11.4 Å². The van der Waals surface area contributed by atoms with E-state index in [0.29, 0.717) is 10.9 Å². The monoisotopic (exact) mass is 243 g/mol. The summed E-state index contributed by atoms with van der Waals surface area (Å²) in [6.45, 7) is 0. The molecule has 0 aliphatic carbocycles. The largest absolute Gasteiger partial charge is 0.335 e. The van der Waals surface area contributed by atoms with E-state index >= 15 is 0 Å². The van der Waals surface area contributed by atoms with Gasteiger partial charge in [0.2, 0.25) is 0 Å². The van der Waals surface area contributed by atoms with Gasteiger partial charge in [-0.3, -0.25) is 4.79 Å². The highest BCUT2D eigenvalue weighted by molar-refractivity contribution is 6.43. The second-order valence-electron chi connectivity index (χ2n) is 2.96. The first-order valence-electron chi connectivity index (χ1n) is 4.16. The number of rotatable bonds is 1. The van der Waals surface area contributed by atoms with Crippen molar-refractivity contribution < 1.29 is 0 Å². The van der Waals surface area contributed by atoms with E-state index in [2.05, 4.69) is 4.98 Å². The fourth-order valence-corrected chi connectivity index (χ4v) is 1.62. The Labute approximate surface area is 95.2 Å². The van der Waals surface area contributed by atoms with Crippen molar-refractivity contribution in [1.82, 2.24) is 9.66 Å². The molecule has 0 aliphatic rings.